The Morgan fingerprint density at radius 3 is 2.45 bits per heavy atom. The van der Waals surface area contributed by atoms with Crippen LogP contribution in [0.5, 0.6) is 0 Å². The van der Waals surface area contributed by atoms with Crippen molar-refractivity contribution < 1.29 is 14.0 Å². The van der Waals surface area contributed by atoms with Gasteiger partial charge in [-0.3, -0.25) is 19.6 Å². The van der Waals surface area contributed by atoms with Crippen LogP contribution in [0.25, 0.3) is 33.5 Å². The molecule has 2 N–H and O–H groups in total. The van der Waals surface area contributed by atoms with Crippen LogP contribution in [0.3, 0.4) is 0 Å². The predicted octanol–water partition coefficient (Wildman–Crippen LogP) is 5.70. The molecule has 0 spiro atoms. The van der Waals surface area contributed by atoms with Gasteiger partial charge in [0.2, 0.25) is 6.41 Å². The van der Waals surface area contributed by atoms with Gasteiger partial charge in [-0.25, -0.2) is 19.3 Å². The van der Waals surface area contributed by atoms with E-state index < -0.39 is 0 Å². The number of rotatable bonds is 9. The normalized spacial score (nSPS) is 16.9. The highest BCUT2D eigenvalue weighted by atomic mass is 32.2. The van der Waals surface area contributed by atoms with Crippen LogP contribution in [0.15, 0.2) is 79.3 Å². The number of thioether (sulfide) groups is 1. The van der Waals surface area contributed by atoms with Crippen LogP contribution >= 0.6 is 11.8 Å². The van der Waals surface area contributed by atoms with Crippen LogP contribution < -0.4 is 10.2 Å². The van der Waals surface area contributed by atoms with Crippen LogP contribution in [0, 0.1) is 11.7 Å². The number of ketones is 1. The average molecular weight is 653 g/mol. The summed E-state index contributed by atoms with van der Waals surface area (Å²) in [4.78, 5) is 40.9. The highest BCUT2D eigenvalue weighted by molar-refractivity contribution is 7.99. The molecular formula is C35H37FN8O2S. The third-order valence-corrected chi connectivity index (χ3v) is 9.75. The molecule has 47 heavy (non-hydrogen) atoms. The fourth-order valence-electron chi connectivity index (χ4n) is 6.07. The summed E-state index contributed by atoms with van der Waals surface area (Å²) in [7, 11) is 0. The Kier molecular flexibility index (Phi) is 10.5. The molecule has 10 nitrogen and oxygen atoms in total. The molecule has 3 aromatic heterocycles. The highest BCUT2D eigenvalue weighted by Crippen LogP contribution is 2.29. The number of piperidine rings is 1. The van der Waals surface area contributed by atoms with Gasteiger partial charge in [-0.05, 0) is 92.7 Å². The predicted molar refractivity (Wildman–Crippen MR) is 185 cm³/mol. The van der Waals surface area contributed by atoms with Gasteiger partial charge in [0.25, 0.3) is 0 Å². The maximum absolute atomic E-state index is 12.9. The lowest BCUT2D eigenvalue weighted by Gasteiger charge is -2.32. The molecule has 2 fully saturated rings. The molecule has 0 bridgehead atoms. The molecule has 2 aliphatic rings. The second-order valence-electron chi connectivity index (χ2n) is 11.7. The van der Waals surface area contributed by atoms with E-state index in [1.165, 1.54) is 18.6 Å². The van der Waals surface area contributed by atoms with Gasteiger partial charge in [-0.2, -0.15) is 16.9 Å². The van der Waals surface area contributed by atoms with Crippen LogP contribution in [-0.2, 0) is 9.59 Å². The van der Waals surface area contributed by atoms with Gasteiger partial charge < -0.3 is 10.2 Å². The van der Waals surface area contributed by atoms with Crippen molar-refractivity contribution in [2.75, 3.05) is 49.2 Å². The minimum absolute atomic E-state index is 0.196. The number of H-pyrrole nitrogens is 1. The van der Waals surface area contributed by atoms with Crippen LogP contribution in [0.2, 0.25) is 0 Å². The number of benzene rings is 2. The highest BCUT2D eigenvalue weighted by Gasteiger charge is 2.29. The van der Waals surface area contributed by atoms with E-state index in [-0.39, 0.29) is 11.7 Å². The van der Waals surface area contributed by atoms with Crippen molar-refractivity contribution in [3.05, 3.63) is 85.1 Å². The Balaban J connectivity index is 0.000000177. The molecule has 242 valence electrons. The average Bonchev–Trinajstić information content (AvgIpc) is 3.76. The monoisotopic (exact) mass is 652 g/mol. The number of halogens is 1. The standard InChI is InChI=1S/C21H27N5OS.C14H10FN3O/c1-28-18-7-10-25(14-18)15-19(27)16-5-11-26(12-6-16)20-4-3-17(13-24-20)21-22-8-2-9-23-21;15-10-3-1-9(2-4-10)14-12-7-11(16-8-19)5-6-13(12)17-18-14/h2-4,8-9,13,16,18H,5-7,10-12,14-15H2,1H3;1-8H,(H,16,19)(H,17,18)/t18-;/m0./s1. The van der Waals surface area contributed by atoms with Crippen molar-refractivity contribution in [1.82, 2.24) is 30.0 Å². The second-order valence-corrected chi connectivity index (χ2v) is 12.8. The van der Waals surface area contributed by atoms with Crippen molar-refractivity contribution in [2.24, 2.45) is 5.92 Å². The minimum Gasteiger partial charge on any atom is -0.357 e. The lowest BCUT2D eigenvalue weighted by molar-refractivity contribution is -0.124. The Labute approximate surface area is 277 Å². The zero-order valence-corrected chi connectivity index (χ0v) is 27.0. The SMILES string of the molecule is CS[C@H]1CCN(CC(=O)C2CCN(c3ccc(-c4ncccn4)cn3)CC2)C1.O=CNc1ccc2[nH]nc(-c3ccc(F)cc3)c2c1. The smallest absolute Gasteiger partial charge is 0.211 e. The Hall–Kier alpha value is -4.68. The maximum Gasteiger partial charge on any atom is 0.211 e. The molecule has 1 amide bonds. The van der Waals surface area contributed by atoms with Gasteiger partial charge in [0.1, 0.15) is 17.4 Å². The first-order valence-corrected chi connectivity index (χ1v) is 17.0. The Morgan fingerprint density at radius 1 is 1.00 bits per heavy atom. The zero-order chi connectivity index (χ0) is 32.6. The summed E-state index contributed by atoms with van der Waals surface area (Å²) in [6, 6.07) is 17.4. The van der Waals surface area contributed by atoms with Crippen molar-refractivity contribution in [1.29, 1.82) is 0 Å². The third-order valence-electron chi connectivity index (χ3n) is 8.69. The number of nitrogens with one attached hydrogen (secondary N) is 2. The molecule has 2 aromatic carbocycles. The summed E-state index contributed by atoms with van der Waals surface area (Å²) < 4.78 is 12.9. The number of amides is 1. The van der Waals surface area contributed by atoms with Gasteiger partial charge in [0, 0.05) is 71.6 Å². The number of aromatic amines is 1. The number of pyridine rings is 1. The first-order valence-electron chi connectivity index (χ1n) is 15.7. The molecular weight excluding hydrogens is 616 g/mol. The zero-order valence-electron chi connectivity index (χ0n) is 26.2. The van der Waals surface area contributed by atoms with E-state index in [9.17, 15) is 14.0 Å². The van der Waals surface area contributed by atoms with Gasteiger partial charge in [0.05, 0.1) is 17.8 Å². The number of carbonyl (C=O) groups excluding carboxylic acids is 2. The van der Waals surface area contributed by atoms with Gasteiger partial charge in [0.15, 0.2) is 5.82 Å². The summed E-state index contributed by atoms with van der Waals surface area (Å²) in [6.07, 6.45) is 11.1. The summed E-state index contributed by atoms with van der Waals surface area (Å²) in [6.45, 7) is 4.53. The molecule has 5 heterocycles. The number of anilines is 2. The van der Waals surface area contributed by atoms with Crippen molar-refractivity contribution in [3.63, 3.8) is 0 Å². The van der Waals surface area contributed by atoms with E-state index in [1.54, 1.807) is 30.6 Å². The van der Waals surface area contributed by atoms with E-state index >= 15 is 0 Å². The molecule has 0 aliphatic carbocycles. The van der Waals surface area contributed by atoms with Crippen LogP contribution in [0.1, 0.15) is 19.3 Å². The van der Waals surface area contributed by atoms with Crippen LogP contribution in [-0.4, -0.2) is 86.5 Å². The molecule has 0 saturated carbocycles. The van der Waals surface area contributed by atoms with Crippen molar-refractivity contribution >= 4 is 46.4 Å². The second kappa shape index (κ2) is 15.3. The minimum atomic E-state index is -0.285. The first kappa shape index (κ1) is 32.3. The fraction of sp³-hybridized carbons (Fsp3) is 0.314. The third kappa shape index (κ3) is 8.01. The maximum atomic E-state index is 12.9. The van der Waals surface area contributed by atoms with E-state index in [2.05, 4.69) is 46.5 Å². The fourth-order valence-corrected chi connectivity index (χ4v) is 6.77. The van der Waals surface area contributed by atoms with E-state index in [4.69, 9.17) is 0 Å². The van der Waals surface area contributed by atoms with E-state index in [0.29, 0.717) is 35.5 Å². The number of likely N-dealkylation sites (tertiary alicyclic amines) is 1. The van der Waals surface area contributed by atoms with Gasteiger partial charge >= 0.3 is 0 Å². The Morgan fingerprint density at radius 2 is 1.77 bits per heavy atom. The molecule has 0 unspecified atom stereocenters. The Bertz CT molecular complexity index is 1780. The van der Waals surface area contributed by atoms with Crippen molar-refractivity contribution in [3.8, 4) is 22.6 Å². The molecule has 7 rings (SSSR count). The number of carbonyl (C=O) groups is 2. The lowest BCUT2D eigenvalue weighted by atomic mass is 9.92. The topological polar surface area (TPSA) is 120 Å². The number of fused-ring (bicyclic) bond motifs is 1. The molecule has 2 saturated heterocycles. The molecule has 0 radical (unpaired) electrons. The summed E-state index contributed by atoms with van der Waals surface area (Å²) >= 11 is 1.92. The number of nitrogens with zero attached hydrogens (tertiary/aromatic N) is 6. The van der Waals surface area contributed by atoms with E-state index in [0.717, 1.165) is 72.6 Å². The summed E-state index contributed by atoms with van der Waals surface area (Å²) in [5, 5.41) is 11.3. The van der Waals surface area contributed by atoms with Gasteiger partial charge in [-0.1, -0.05) is 0 Å². The number of Topliss-reactive ketones (excluding diaryl/α,β-unsaturated/α-hetero) is 1. The molecule has 2 aliphatic heterocycles. The summed E-state index contributed by atoms with van der Waals surface area (Å²) in [5.41, 5.74) is 4.01. The van der Waals surface area contributed by atoms with Gasteiger partial charge in [-0.15, -0.1) is 0 Å². The van der Waals surface area contributed by atoms with E-state index in [1.807, 2.05) is 48.3 Å². The number of hydrogen-bond acceptors (Lipinski definition) is 9. The largest absolute Gasteiger partial charge is 0.357 e. The lowest BCUT2D eigenvalue weighted by Crippen LogP contribution is -2.40. The number of hydrogen-bond donors (Lipinski definition) is 2. The van der Waals surface area contributed by atoms with Crippen LogP contribution in [0.4, 0.5) is 15.9 Å². The quantitative estimate of drug-likeness (QED) is 0.193. The molecule has 1 atom stereocenters. The molecule has 12 heteroatoms. The first-order chi connectivity index (χ1) is 23.0. The summed E-state index contributed by atoms with van der Waals surface area (Å²) in [5.74, 6) is 1.99. The number of aromatic nitrogens is 5. The molecule has 5 aromatic rings. The van der Waals surface area contributed by atoms with Crippen molar-refractivity contribution in [2.45, 2.75) is 24.5 Å².